The van der Waals surface area contributed by atoms with Crippen molar-refractivity contribution in [1.82, 2.24) is 0 Å². The maximum absolute atomic E-state index is 14.6. The number of hydrogen-bond acceptors (Lipinski definition) is 4. The van der Waals surface area contributed by atoms with E-state index in [4.69, 9.17) is 16.8 Å². The zero-order valence-electron chi connectivity index (χ0n) is 14.0. The van der Waals surface area contributed by atoms with Crippen molar-refractivity contribution in [3.05, 3.63) is 57.6 Å². The predicted octanol–water partition coefficient (Wildman–Crippen LogP) is 3.86. The lowest BCUT2D eigenvalue weighted by molar-refractivity contribution is 0.145. The maximum atomic E-state index is 14.6. The number of anilines is 2. The highest BCUT2D eigenvalue weighted by atomic mass is 19.1. The number of ether oxygens (including phenoxy) is 1. The van der Waals surface area contributed by atoms with Gasteiger partial charge in [-0.3, -0.25) is 4.90 Å². The topological polar surface area (TPSA) is 85.9 Å². The van der Waals surface area contributed by atoms with Crippen molar-refractivity contribution >= 4 is 17.5 Å². The second kappa shape index (κ2) is 7.76. The van der Waals surface area contributed by atoms with E-state index in [0.29, 0.717) is 24.5 Å². The highest BCUT2D eigenvalue weighted by molar-refractivity contribution is 5.90. The summed E-state index contributed by atoms with van der Waals surface area (Å²) in [6.07, 6.45) is 1.91. The molecule has 3 rings (SSSR count). The van der Waals surface area contributed by atoms with Crippen LogP contribution in [0.2, 0.25) is 0 Å². The average Bonchev–Trinajstić information content (AvgIpc) is 3.02. The van der Waals surface area contributed by atoms with E-state index in [1.54, 1.807) is 18.3 Å². The highest BCUT2D eigenvalue weighted by Crippen LogP contribution is 2.30. The number of amides is 1. The first kappa shape index (κ1) is 17.6. The summed E-state index contributed by atoms with van der Waals surface area (Å²) in [6.45, 7) is 8.43. The van der Waals surface area contributed by atoms with Gasteiger partial charge in [0.25, 0.3) is 0 Å². The van der Waals surface area contributed by atoms with Crippen LogP contribution in [0.4, 0.5) is 20.6 Å². The van der Waals surface area contributed by atoms with Crippen molar-refractivity contribution in [2.45, 2.75) is 18.9 Å². The lowest BCUT2D eigenvalue weighted by Gasteiger charge is -2.31. The van der Waals surface area contributed by atoms with Gasteiger partial charge in [-0.05, 0) is 36.6 Å². The lowest BCUT2D eigenvalue weighted by Crippen LogP contribution is -2.31. The average molecular weight is 356 g/mol. The summed E-state index contributed by atoms with van der Waals surface area (Å²) in [5.41, 5.74) is 10.3. The Hall–Kier alpha value is -3.24. The van der Waals surface area contributed by atoms with Crippen molar-refractivity contribution in [3.63, 3.8) is 0 Å². The van der Waals surface area contributed by atoms with Crippen LogP contribution in [0, 0.1) is 12.4 Å². The molecule has 0 bridgehead atoms. The molecule has 134 valence electrons. The molecule has 2 saturated heterocycles. The molecular formula is C17H17FN6O2. The fraction of sp³-hybridized carbons (Fsp3) is 0.412. The molecule has 0 aliphatic carbocycles. The van der Waals surface area contributed by atoms with E-state index in [1.165, 1.54) is 11.0 Å². The summed E-state index contributed by atoms with van der Waals surface area (Å²) in [6, 6.07) is 4.65. The fourth-order valence-electron chi connectivity index (χ4n) is 3.13. The van der Waals surface area contributed by atoms with Gasteiger partial charge >= 0.3 is 6.09 Å². The Kier molecular flexibility index (Phi) is 5.25. The zero-order chi connectivity index (χ0) is 18.5. The molecule has 2 aliphatic heterocycles. The molecule has 0 radical (unpaired) electrons. The molecule has 9 heteroatoms. The third kappa shape index (κ3) is 3.71. The van der Waals surface area contributed by atoms with E-state index in [2.05, 4.69) is 14.9 Å². The molecule has 0 aromatic heterocycles. The smallest absolute Gasteiger partial charge is 0.414 e. The Morgan fingerprint density at radius 1 is 1.42 bits per heavy atom. The molecule has 1 amide bonds. The standard InChI is InChI=1S/C17H17FN6O2/c1-20-9-12-4-6-23(7-5-12)16-3-2-13(8-15(16)18)24-11-14(10-21-22-19)26-17(24)25/h2-3,8-9,14H,4-7,10-11H2/t14-/m0/s1. The number of cyclic esters (lactones) is 1. The monoisotopic (exact) mass is 356 g/mol. The Morgan fingerprint density at radius 2 is 2.19 bits per heavy atom. The van der Waals surface area contributed by atoms with Gasteiger partial charge in [-0.25, -0.2) is 14.0 Å². The minimum absolute atomic E-state index is 0.0491. The molecule has 1 aromatic rings. The number of carbonyl (C=O) groups is 1. The van der Waals surface area contributed by atoms with E-state index >= 15 is 0 Å². The Labute approximate surface area is 149 Å². The number of nitrogens with zero attached hydrogens (tertiary/aromatic N) is 6. The summed E-state index contributed by atoms with van der Waals surface area (Å²) < 4.78 is 19.7. The van der Waals surface area contributed by atoms with Crippen LogP contribution in [0.5, 0.6) is 0 Å². The first-order valence-corrected chi connectivity index (χ1v) is 8.20. The second-order valence-corrected chi connectivity index (χ2v) is 6.07. The van der Waals surface area contributed by atoms with Gasteiger partial charge in [0.15, 0.2) is 6.20 Å². The number of halogens is 1. The van der Waals surface area contributed by atoms with Gasteiger partial charge in [0.2, 0.25) is 0 Å². The van der Waals surface area contributed by atoms with Gasteiger partial charge in [-0.2, -0.15) is 0 Å². The van der Waals surface area contributed by atoms with E-state index in [0.717, 1.165) is 18.4 Å². The fourth-order valence-corrected chi connectivity index (χ4v) is 3.13. The van der Waals surface area contributed by atoms with E-state index in [9.17, 15) is 9.18 Å². The Balaban J connectivity index is 1.70. The Bertz CT molecular complexity index is 817. The molecule has 0 spiro atoms. The molecule has 0 N–H and O–H groups in total. The summed E-state index contributed by atoms with van der Waals surface area (Å²) in [4.78, 5) is 21.1. The van der Waals surface area contributed by atoms with Gasteiger partial charge in [-0.1, -0.05) is 10.7 Å². The molecule has 8 nitrogen and oxygen atoms in total. The molecule has 1 atom stereocenters. The number of piperidine rings is 1. The SMILES string of the molecule is [C-]#[N+]C=C1CCN(c2ccc(N3C[C@H](CN=[N+]=[N-])OC3=O)cc2F)CC1. The van der Waals surface area contributed by atoms with Crippen molar-refractivity contribution in [2.75, 3.05) is 36.0 Å². The van der Waals surface area contributed by atoms with Gasteiger partial charge in [0, 0.05) is 18.0 Å². The molecule has 2 fully saturated rings. The normalized spacial score (nSPS) is 19.6. The van der Waals surface area contributed by atoms with Crippen molar-refractivity contribution in [3.8, 4) is 0 Å². The van der Waals surface area contributed by atoms with E-state index in [1.807, 2.05) is 4.90 Å². The molecule has 2 aliphatic rings. The summed E-state index contributed by atoms with van der Waals surface area (Å²) in [5, 5.41) is 3.40. The molecule has 0 unspecified atom stereocenters. The maximum Gasteiger partial charge on any atom is 0.414 e. The minimum atomic E-state index is -0.581. The first-order valence-electron chi connectivity index (χ1n) is 8.20. The minimum Gasteiger partial charge on any atom is -0.444 e. The van der Waals surface area contributed by atoms with Crippen LogP contribution in [-0.4, -0.2) is 38.4 Å². The number of carbonyl (C=O) groups excluding carboxylic acids is 1. The van der Waals surface area contributed by atoms with Crippen LogP contribution in [0.25, 0.3) is 15.3 Å². The number of azide groups is 1. The van der Waals surface area contributed by atoms with Gasteiger partial charge < -0.3 is 9.64 Å². The summed E-state index contributed by atoms with van der Waals surface area (Å²) >= 11 is 0. The zero-order valence-corrected chi connectivity index (χ0v) is 14.0. The first-order chi connectivity index (χ1) is 12.6. The summed E-state index contributed by atoms with van der Waals surface area (Å²) in [5.74, 6) is -0.411. The highest BCUT2D eigenvalue weighted by Gasteiger charge is 2.32. The van der Waals surface area contributed by atoms with Crippen LogP contribution < -0.4 is 9.80 Å². The summed E-state index contributed by atoms with van der Waals surface area (Å²) in [7, 11) is 0. The van der Waals surface area contributed by atoms with Gasteiger partial charge in [-0.15, -0.1) is 0 Å². The molecule has 2 heterocycles. The van der Waals surface area contributed by atoms with Crippen LogP contribution >= 0.6 is 0 Å². The van der Waals surface area contributed by atoms with Crippen LogP contribution in [0.3, 0.4) is 0 Å². The van der Waals surface area contributed by atoms with Crippen molar-refractivity contribution in [2.24, 2.45) is 5.11 Å². The van der Waals surface area contributed by atoms with Crippen molar-refractivity contribution in [1.29, 1.82) is 0 Å². The van der Waals surface area contributed by atoms with Crippen LogP contribution in [-0.2, 0) is 4.74 Å². The third-order valence-electron chi connectivity index (χ3n) is 4.46. The lowest BCUT2D eigenvalue weighted by atomic mass is 10.0. The van der Waals surface area contributed by atoms with E-state index < -0.39 is 18.0 Å². The third-order valence-corrected chi connectivity index (χ3v) is 4.46. The number of hydrogen-bond donors (Lipinski definition) is 0. The number of benzene rings is 1. The van der Waals surface area contributed by atoms with Gasteiger partial charge in [0.05, 0.1) is 31.0 Å². The Morgan fingerprint density at radius 3 is 2.85 bits per heavy atom. The quantitative estimate of drug-likeness (QED) is 0.355. The number of rotatable bonds is 4. The molecule has 26 heavy (non-hydrogen) atoms. The van der Waals surface area contributed by atoms with Crippen LogP contribution in [0.15, 0.2) is 35.1 Å². The molecular weight excluding hydrogens is 339 g/mol. The van der Waals surface area contributed by atoms with Gasteiger partial charge in [0.1, 0.15) is 11.9 Å². The second-order valence-electron chi connectivity index (χ2n) is 6.07. The van der Waals surface area contributed by atoms with Crippen molar-refractivity contribution < 1.29 is 13.9 Å². The molecule has 1 aromatic carbocycles. The predicted molar refractivity (Wildman–Crippen MR) is 94.2 cm³/mol. The van der Waals surface area contributed by atoms with Crippen LogP contribution in [0.1, 0.15) is 12.8 Å². The molecule has 0 saturated carbocycles. The van der Waals surface area contributed by atoms with E-state index in [-0.39, 0.29) is 13.1 Å². The largest absolute Gasteiger partial charge is 0.444 e.